The van der Waals surface area contributed by atoms with Crippen LogP contribution in [0.4, 0.5) is 5.69 Å². The molecule has 11 heteroatoms. The molecule has 0 atom stereocenters. The van der Waals surface area contributed by atoms with E-state index in [-0.39, 0.29) is 22.5 Å². The fourth-order valence-electron chi connectivity index (χ4n) is 3.93. The normalized spacial score (nSPS) is 21.6. The molecule has 1 fully saturated rings. The Morgan fingerprint density at radius 2 is 1.67 bits per heavy atom. The molecular formula is C16H22N6O4S. The molecule has 27 heavy (non-hydrogen) atoms. The van der Waals surface area contributed by atoms with Crippen molar-refractivity contribution < 1.29 is 17.9 Å². The summed E-state index contributed by atoms with van der Waals surface area (Å²) >= 11 is 0. The van der Waals surface area contributed by atoms with Crippen molar-refractivity contribution in [3.8, 4) is 11.5 Å². The number of rotatable bonds is 2. The quantitative estimate of drug-likeness (QED) is 0.647. The predicted octanol–water partition coefficient (Wildman–Crippen LogP) is 0.215. The first kappa shape index (κ1) is 17.9. The first-order valence-corrected chi connectivity index (χ1v) is 10.3. The highest BCUT2D eigenvalue weighted by Crippen LogP contribution is 2.45. The maximum absolute atomic E-state index is 12.3. The summed E-state index contributed by atoms with van der Waals surface area (Å²) in [5.41, 5.74) is 11.5. The fraction of sp³-hybridized carbons (Fsp3) is 0.500. The minimum atomic E-state index is -4.08. The van der Waals surface area contributed by atoms with Crippen LogP contribution in [0.3, 0.4) is 0 Å². The van der Waals surface area contributed by atoms with Crippen molar-refractivity contribution in [2.75, 3.05) is 18.1 Å². The smallest absolute Gasteiger partial charge is 0.240 e. The molecule has 1 spiro atoms. The topological polar surface area (TPSA) is 159 Å². The third-order valence-corrected chi connectivity index (χ3v) is 5.96. The molecule has 0 radical (unpaired) electrons. The van der Waals surface area contributed by atoms with E-state index >= 15 is 0 Å². The summed E-state index contributed by atoms with van der Waals surface area (Å²) in [5.74, 6) is 0.901. The standard InChI is InChI=1S/C16H22N6O4S/c17-14-20-15(18)22(16(21-14)4-2-1-3-5-16)10-8-11-12(26-7-6-25-11)9-13(10)27(19,23)24/h8-9H,1-7H2,(H2,19,23,24)(H4,17,18,20,21). The van der Waals surface area contributed by atoms with Crippen LogP contribution in [0.1, 0.15) is 32.1 Å². The third kappa shape index (κ3) is 3.06. The van der Waals surface area contributed by atoms with Crippen LogP contribution in [-0.2, 0) is 10.0 Å². The van der Waals surface area contributed by atoms with Crippen LogP contribution < -0.4 is 31.0 Å². The van der Waals surface area contributed by atoms with Gasteiger partial charge < -0.3 is 20.9 Å². The molecular weight excluding hydrogens is 372 g/mol. The molecule has 1 aromatic carbocycles. The molecule has 1 aromatic rings. The second-order valence-electron chi connectivity index (χ2n) is 6.83. The molecule has 2 heterocycles. The lowest BCUT2D eigenvalue weighted by Gasteiger charge is -2.46. The predicted molar refractivity (Wildman–Crippen MR) is 100 cm³/mol. The molecule has 146 valence electrons. The molecule has 2 aliphatic heterocycles. The first-order chi connectivity index (χ1) is 12.8. The summed E-state index contributed by atoms with van der Waals surface area (Å²) in [6, 6.07) is 2.94. The number of anilines is 1. The highest BCUT2D eigenvalue weighted by molar-refractivity contribution is 7.89. The zero-order chi connectivity index (χ0) is 19.2. The first-order valence-electron chi connectivity index (χ1n) is 8.76. The molecule has 0 amide bonds. The van der Waals surface area contributed by atoms with Crippen LogP contribution in [0.15, 0.2) is 27.0 Å². The number of guanidine groups is 2. The molecule has 0 aromatic heterocycles. The van der Waals surface area contributed by atoms with Gasteiger partial charge in [-0.05, 0) is 25.7 Å². The molecule has 1 saturated carbocycles. The Hall–Kier alpha value is -2.53. The number of ether oxygens (including phenoxy) is 2. The van der Waals surface area contributed by atoms with Crippen molar-refractivity contribution in [2.45, 2.75) is 42.7 Å². The second kappa shape index (κ2) is 6.27. The molecule has 0 bridgehead atoms. The Labute approximate surface area is 157 Å². The van der Waals surface area contributed by atoms with E-state index in [1.54, 1.807) is 11.0 Å². The van der Waals surface area contributed by atoms with Gasteiger partial charge in [-0.25, -0.2) is 18.5 Å². The number of nitrogens with zero attached hydrogens (tertiary/aromatic N) is 3. The third-order valence-electron chi connectivity index (χ3n) is 5.02. The van der Waals surface area contributed by atoms with Crippen LogP contribution in [-0.4, -0.2) is 39.2 Å². The van der Waals surface area contributed by atoms with E-state index in [4.69, 9.17) is 26.1 Å². The van der Waals surface area contributed by atoms with Gasteiger partial charge in [-0.1, -0.05) is 6.42 Å². The summed E-state index contributed by atoms with van der Waals surface area (Å²) in [4.78, 5) is 10.1. The van der Waals surface area contributed by atoms with E-state index in [1.165, 1.54) is 6.07 Å². The summed E-state index contributed by atoms with van der Waals surface area (Å²) in [7, 11) is -4.08. The molecule has 6 N–H and O–H groups in total. The van der Waals surface area contributed by atoms with Gasteiger partial charge in [0.25, 0.3) is 0 Å². The Bertz CT molecular complexity index is 936. The van der Waals surface area contributed by atoms with Crippen molar-refractivity contribution in [1.29, 1.82) is 0 Å². The van der Waals surface area contributed by atoms with Crippen molar-refractivity contribution >= 4 is 27.6 Å². The van der Waals surface area contributed by atoms with E-state index in [2.05, 4.69) is 9.98 Å². The van der Waals surface area contributed by atoms with Gasteiger partial charge in [0, 0.05) is 12.1 Å². The SMILES string of the molecule is NC1=NC2(CCCCC2)N(c2cc3c(cc2S(N)(=O)=O)OCCO3)C(N)=N1. The monoisotopic (exact) mass is 394 g/mol. The van der Waals surface area contributed by atoms with Crippen molar-refractivity contribution in [1.82, 2.24) is 0 Å². The molecule has 0 unspecified atom stereocenters. The minimum absolute atomic E-state index is 0.0750. The zero-order valence-electron chi connectivity index (χ0n) is 14.7. The summed E-state index contributed by atoms with van der Waals surface area (Å²) in [6.07, 6.45) is 4.22. The van der Waals surface area contributed by atoms with Crippen molar-refractivity contribution in [3.63, 3.8) is 0 Å². The van der Waals surface area contributed by atoms with Gasteiger partial charge in [-0.2, -0.15) is 4.99 Å². The van der Waals surface area contributed by atoms with E-state index in [0.29, 0.717) is 37.6 Å². The second-order valence-corrected chi connectivity index (χ2v) is 8.36. The Morgan fingerprint density at radius 3 is 2.30 bits per heavy atom. The highest BCUT2D eigenvalue weighted by atomic mass is 32.2. The summed E-state index contributed by atoms with van der Waals surface area (Å²) in [5, 5.41) is 5.50. The average molecular weight is 394 g/mol. The van der Waals surface area contributed by atoms with E-state index in [9.17, 15) is 8.42 Å². The average Bonchev–Trinajstić information content (AvgIpc) is 2.60. The number of primary sulfonamides is 1. The van der Waals surface area contributed by atoms with E-state index in [1.807, 2.05) is 0 Å². The minimum Gasteiger partial charge on any atom is -0.486 e. The van der Waals surface area contributed by atoms with Crippen LogP contribution >= 0.6 is 0 Å². The number of benzene rings is 1. The number of sulfonamides is 1. The van der Waals surface area contributed by atoms with Crippen LogP contribution in [0.2, 0.25) is 0 Å². The van der Waals surface area contributed by atoms with E-state index < -0.39 is 15.7 Å². The number of fused-ring (bicyclic) bond motifs is 1. The van der Waals surface area contributed by atoms with E-state index in [0.717, 1.165) is 19.3 Å². The van der Waals surface area contributed by atoms with Crippen LogP contribution in [0.25, 0.3) is 0 Å². The lowest BCUT2D eigenvalue weighted by atomic mass is 9.87. The summed E-state index contributed by atoms with van der Waals surface area (Å²) in [6.45, 7) is 0.690. The fourth-order valence-corrected chi connectivity index (χ4v) is 4.64. The molecule has 0 saturated heterocycles. The molecule has 3 aliphatic rings. The van der Waals surface area contributed by atoms with Gasteiger partial charge in [0.2, 0.25) is 21.9 Å². The Kier molecular flexibility index (Phi) is 4.15. The van der Waals surface area contributed by atoms with Crippen molar-refractivity contribution in [2.24, 2.45) is 26.6 Å². The number of hydrogen-bond donors (Lipinski definition) is 3. The lowest BCUT2D eigenvalue weighted by molar-refractivity contribution is 0.171. The largest absolute Gasteiger partial charge is 0.486 e. The maximum Gasteiger partial charge on any atom is 0.240 e. The number of nitrogens with two attached hydrogens (primary N) is 3. The Balaban J connectivity index is 1.94. The Morgan fingerprint density at radius 1 is 1.04 bits per heavy atom. The van der Waals surface area contributed by atoms with Crippen LogP contribution in [0.5, 0.6) is 11.5 Å². The number of aliphatic imine (C=N–C) groups is 2. The van der Waals surface area contributed by atoms with Gasteiger partial charge in [-0.3, -0.25) is 4.90 Å². The molecule has 10 nitrogen and oxygen atoms in total. The van der Waals surface area contributed by atoms with Gasteiger partial charge in [0.05, 0.1) is 5.69 Å². The lowest BCUT2D eigenvalue weighted by Crippen LogP contribution is -2.58. The maximum atomic E-state index is 12.3. The molecule has 4 rings (SSSR count). The number of hydrogen-bond acceptors (Lipinski definition) is 9. The van der Waals surface area contributed by atoms with Gasteiger partial charge in [-0.15, -0.1) is 0 Å². The van der Waals surface area contributed by atoms with Gasteiger partial charge in [0.15, 0.2) is 11.5 Å². The van der Waals surface area contributed by atoms with Gasteiger partial charge >= 0.3 is 0 Å². The zero-order valence-corrected chi connectivity index (χ0v) is 15.5. The highest BCUT2D eigenvalue weighted by Gasteiger charge is 2.44. The summed E-state index contributed by atoms with van der Waals surface area (Å²) < 4.78 is 35.8. The van der Waals surface area contributed by atoms with Crippen molar-refractivity contribution in [3.05, 3.63) is 12.1 Å². The van der Waals surface area contributed by atoms with Gasteiger partial charge in [0.1, 0.15) is 23.8 Å². The van der Waals surface area contributed by atoms with Crippen LogP contribution in [0, 0.1) is 0 Å². The molecule has 1 aliphatic carbocycles.